The second kappa shape index (κ2) is 11.2. The number of guanidine groups is 1. The molecule has 1 aromatic heterocycles. The number of aromatic nitrogens is 1. The quantitative estimate of drug-likeness (QED) is 0.275. The average molecular weight is 482 g/mol. The van der Waals surface area contributed by atoms with E-state index >= 15 is 0 Å². The zero-order chi connectivity index (χ0) is 17.4. The van der Waals surface area contributed by atoms with Gasteiger partial charge in [0.2, 0.25) is 0 Å². The molecule has 0 atom stereocenters. The van der Waals surface area contributed by atoms with Crippen LogP contribution in [0, 0.1) is 11.6 Å². The minimum Gasteiger partial charge on any atom is -0.492 e. The number of rotatable bonds is 7. The molecule has 2 N–H and O–H groups in total. The molecule has 0 spiro atoms. The molecule has 0 radical (unpaired) electrons. The summed E-state index contributed by atoms with van der Waals surface area (Å²) in [4.78, 5) is 9.68. The van der Waals surface area contributed by atoms with Gasteiger partial charge in [0.1, 0.15) is 17.4 Å². The highest BCUT2D eigenvalue weighted by Gasteiger charge is 2.04. The monoisotopic (exact) mass is 482 g/mol. The van der Waals surface area contributed by atoms with Crippen molar-refractivity contribution in [2.45, 2.75) is 19.9 Å². The van der Waals surface area contributed by atoms with Crippen molar-refractivity contribution in [2.75, 3.05) is 20.2 Å². The zero-order valence-corrected chi connectivity index (χ0v) is 17.2. The Bertz CT molecular complexity index is 697. The minimum atomic E-state index is -0.923. The van der Waals surface area contributed by atoms with E-state index in [1.54, 1.807) is 18.4 Å². The Morgan fingerprint density at radius 2 is 2.08 bits per heavy atom. The van der Waals surface area contributed by atoms with Crippen molar-refractivity contribution in [3.63, 3.8) is 0 Å². The lowest BCUT2D eigenvalue weighted by Gasteiger charge is -2.11. The van der Waals surface area contributed by atoms with Crippen LogP contribution >= 0.6 is 35.3 Å². The van der Waals surface area contributed by atoms with Crippen molar-refractivity contribution in [1.82, 2.24) is 15.6 Å². The molecule has 2 rings (SSSR count). The van der Waals surface area contributed by atoms with Crippen LogP contribution in [-0.2, 0) is 13.0 Å². The van der Waals surface area contributed by atoms with Gasteiger partial charge in [-0.2, -0.15) is 0 Å². The third-order valence-electron chi connectivity index (χ3n) is 3.13. The van der Waals surface area contributed by atoms with Crippen molar-refractivity contribution >= 4 is 41.3 Å². The van der Waals surface area contributed by atoms with Crippen LogP contribution in [-0.4, -0.2) is 31.1 Å². The van der Waals surface area contributed by atoms with Crippen LogP contribution in [0.2, 0.25) is 0 Å². The molecule has 9 heteroatoms. The topological polar surface area (TPSA) is 58.5 Å². The van der Waals surface area contributed by atoms with Crippen LogP contribution in [0.15, 0.2) is 29.4 Å². The Kier molecular flexibility index (Phi) is 9.65. The maximum absolute atomic E-state index is 13.1. The fourth-order valence-electron chi connectivity index (χ4n) is 1.88. The maximum Gasteiger partial charge on any atom is 0.191 e. The van der Waals surface area contributed by atoms with E-state index in [9.17, 15) is 8.78 Å². The Morgan fingerprint density at radius 1 is 1.28 bits per heavy atom. The van der Waals surface area contributed by atoms with Gasteiger partial charge >= 0.3 is 0 Å². The van der Waals surface area contributed by atoms with Gasteiger partial charge in [0.25, 0.3) is 0 Å². The first kappa shape index (κ1) is 21.6. The van der Waals surface area contributed by atoms with Gasteiger partial charge in [0.15, 0.2) is 17.6 Å². The molecule has 0 saturated heterocycles. The number of nitrogens with one attached hydrogen (secondary N) is 2. The molecule has 0 unspecified atom stereocenters. The summed E-state index contributed by atoms with van der Waals surface area (Å²) in [6.45, 7) is 3.45. The van der Waals surface area contributed by atoms with Gasteiger partial charge in [-0.1, -0.05) is 6.92 Å². The second-order valence-electron chi connectivity index (χ2n) is 4.85. The molecule has 0 aliphatic carbocycles. The lowest BCUT2D eigenvalue weighted by atomic mass is 10.3. The molecule has 25 heavy (non-hydrogen) atoms. The molecule has 0 amide bonds. The number of nitrogens with zero attached hydrogens (tertiary/aromatic N) is 2. The van der Waals surface area contributed by atoms with Gasteiger partial charge in [0.05, 0.1) is 13.1 Å². The highest BCUT2D eigenvalue weighted by Crippen LogP contribution is 2.15. The van der Waals surface area contributed by atoms with E-state index in [0.717, 1.165) is 23.6 Å². The van der Waals surface area contributed by atoms with Crippen LogP contribution in [0.5, 0.6) is 5.75 Å². The van der Waals surface area contributed by atoms with Crippen molar-refractivity contribution < 1.29 is 13.5 Å². The maximum atomic E-state index is 13.1. The summed E-state index contributed by atoms with van der Waals surface area (Å²) in [7, 11) is 1.67. The number of aliphatic imine (C=N–C) groups is 1. The largest absolute Gasteiger partial charge is 0.492 e. The number of halogens is 3. The van der Waals surface area contributed by atoms with E-state index in [2.05, 4.69) is 27.5 Å². The lowest BCUT2D eigenvalue weighted by molar-refractivity contribution is 0.318. The Morgan fingerprint density at radius 3 is 2.72 bits per heavy atom. The van der Waals surface area contributed by atoms with Gasteiger partial charge < -0.3 is 15.4 Å². The Hall–Kier alpha value is -1.49. The predicted molar refractivity (Wildman–Crippen MR) is 107 cm³/mol. The molecule has 0 saturated carbocycles. The van der Waals surface area contributed by atoms with Crippen molar-refractivity contribution in [3.05, 3.63) is 45.9 Å². The van der Waals surface area contributed by atoms with E-state index in [-0.39, 0.29) is 29.7 Å². The van der Waals surface area contributed by atoms with Gasteiger partial charge in [-0.15, -0.1) is 35.3 Å². The Balaban J connectivity index is 0.00000312. The highest BCUT2D eigenvalue weighted by atomic mass is 127. The van der Waals surface area contributed by atoms with Crippen molar-refractivity contribution in [1.29, 1.82) is 0 Å². The molecule has 1 aromatic carbocycles. The molecule has 138 valence electrons. The summed E-state index contributed by atoms with van der Waals surface area (Å²) in [6.07, 6.45) is 2.86. The standard InChI is InChI=1S/C16H20F2N4OS.HI/c1-3-12-9-21-15(24-12)10-22-16(19-2)20-6-7-23-11-4-5-13(17)14(18)8-11;/h4-5,8-9H,3,6-7,10H2,1-2H3,(H2,19,20,22);1H. The number of benzene rings is 1. The summed E-state index contributed by atoms with van der Waals surface area (Å²) < 4.78 is 31.2. The summed E-state index contributed by atoms with van der Waals surface area (Å²) in [5, 5.41) is 7.23. The summed E-state index contributed by atoms with van der Waals surface area (Å²) in [5.41, 5.74) is 0. The number of aryl methyl sites for hydroxylation is 1. The molecular formula is C16H21F2IN4OS. The zero-order valence-electron chi connectivity index (χ0n) is 14.0. The molecule has 2 aromatic rings. The van der Waals surface area contributed by atoms with Crippen LogP contribution in [0.3, 0.4) is 0 Å². The van der Waals surface area contributed by atoms with Gasteiger partial charge in [-0.25, -0.2) is 13.8 Å². The fraction of sp³-hybridized carbons (Fsp3) is 0.375. The SMILES string of the molecule is CCc1cnc(CNC(=NC)NCCOc2ccc(F)c(F)c2)s1.I. The normalized spacial score (nSPS) is 11.0. The van der Waals surface area contributed by atoms with E-state index < -0.39 is 11.6 Å². The van der Waals surface area contributed by atoms with Gasteiger partial charge in [-0.3, -0.25) is 4.99 Å². The van der Waals surface area contributed by atoms with E-state index in [4.69, 9.17) is 4.74 Å². The predicted octanol–water partition coefficient (Wildman–Crippen LogP) is 3.35. The summed E-state index contributed by atoms with van der Waals surface area (Å²) in [5.74, 6) is -0.906. The number of hydrogen-bond donors (Lipinski definition) is 2. The van der Waals surface area contributed by atoms with Gasteiger partial charge in [-0.05, 0) is 18.6 Å². The average Bonchev–Trinajstić information content (AvgIpc) is 3.05. The molecule has 0 bridgehead atoms. The third kappa shape index (κ3) is 7.10. The van der Waals surface area contributed by atoms with Crippen LogP contribution in [0.4, 0.5) is 8.78 Å². The van der Waals surface area contributed by atoms with E-state index in [1.807, 2.05) is 6.20 Å². The van der Waals surface area contributed by atoms with Crippen molar-refractivity contribution in [2.24, 2.45) is 4.99 Å². The van der Waals surface area contributed by atoms with E-state index in [0.29, 0.717) is 25.7 Å². The molecule has 1 heterocycles. The number of ether oxygens (including phenoxy) is 1. The smallest absolute Gasteiger partial charge is 0.191 e. The van der Waals surface area contributed by atoms with Crippen LogP contribution < -0.4 is 15.4 Å². The van der Waals surface area contributed by atoms with Crippen LogP contribution in [0.1, 0.15) is 16.8 Å². The van der Waals surface area contributed by atoms with E-state index in [1.165, 1.54) is 10.9 Å². The minimum absolute atomic E-state index is 0. The summed E-state index contributed by atoms with van der Waals surface area (Å²) >= 11 is 1.67. The second-order valence-corrected chi connectivity index (χ2v) is 6.05. The van der Waals surface area contributed by atoms with Gasteiger partial charge in [0, 0.05) is 24.2 Å². The number of hydrogen-bond acceptors (Lipinski definition) is 4. The molecule has 0 fully saturated rings. The molecular weight excluding hydrogens is 461 g/mol. The molecule has 5 nitrogen and oxygen atoms in total. The molecule has 0 aliphatic heterocycles. The van der Waals surface area contributed by atoms with Crippen molar-refractivity contribution in [3.8, 4) is 5.75 Å². The Labute approximate surface area is 166 Å². The first-order chi connectivity index (χ1) is 11.6. The first-order valence-electron chi connectivity index (χ1n) is 7.58. The van der Waals surface area contributed by atoms with Crippen LogP contribution in [0.25, 0.3) is 0 Å². The highest BCUT2D eigenvalue weighted by molar-refractivity contribution is 14.0. The lowest BCUT2D eigenvalue weighted by Crippen LogP contribution is -2.38. The summed E-state index contributed by atoms with van der Waals surface area (Å²) in [6, 6.07) is 3.45. The fourth-order valence-corrected chi connectivity index (χ4v) is 2.68. The third-order valence-corrected chi connectivity index (χ3v) is 4.28. The molecule has 0 aliphatic rings. The number of thiazole rings is 1. The first-order valence-corrected chi connectivity index (χ1v) is 8.40.